The van der Waals surface area contributed by atoms with Crippen molar-refractivity contribution in [2.24, 2.45) is 5.41 Å². The molecule has 0 aliphatic carbocycles. The Labute approximate surface area is 171 Å². The molecular formula is C22H26ClN3O2. The summed E-state index contributed by atoms with van der Waals surface area (Å²) in [6.45, 7) is 5.31. The molecule has 1 saturated heterocycles. The van der Waals surface area contributed by atoms with E-state index in [1.165, 1.54) is 0 Å². The average molecular weight is 400 g/mol. The van der Waals surface area contributed by atoms with E-state index in [2.05, 4.69) is 10.6 Å². The average Bonchev–Trinajstić information content (AvgIpc) is 2.70. The number of likely N-dealkylation sites (tertiary alicyclic amines) is 1. The predicted molar refractivity (Wildman–Crippen MR) is 112 cm³/mol. The summed E-state index contributed by atoms with van der Waals surface area (Å²) in [5.41, 5.74) is 1.98. The van der Waals surface area contributed by atoms with Gasteiger partial charge in [0.15, 0.2) is 0 Å². The van der Waals surface area contributed by atoms with Crippen LogP contribution in [-0.4, -0.2) is 29.9 Å². The Kier molecular flexibility index (Phi) is 6.25. The van der Waals surface area contributed by atoms with Gasteiger partial charge < -0.3 is 15.5 Å². The minimum Gasteiger partial charge on any atom is -0.351 e. The highest BCUT2D eigenvalue weighted by atomic mass is 35.5. The van der Waals surface area contributed by atoms with E-state index >= 15 is 0 Å². The van der Waals surface area contributed by atoms with E-state index in [-0.39, 0.29) is 11.9 Å². The molecule has 1 heterocycles. The minimum atomic E-state index is -0.603. The van der Waals surface area contributed by atoms with Gasteiger partial charge in [-0.2, -0.15) is 0 Å². The van der Waals surface area contributed by atoms with Crippen molar-refractivity contribution in [2.75, 3.05) is 18.4 Å². The largest absolute Gasteiger partial charge is 0.351 e. The molecule has 2 aromatic rings. The monoisotopic (exact) mass is 399 g/mol. The number of nitrogens with one attached hydrogen (secondary N) is 2. The van der Waals surface area contributed by atoms with Crippen LogP contribution in [0.3, 0.4) is 0 Å². The van der Waals surface area contributed by atoms with Gasteiger partial charge >= 0.3 is 6.03 Å². The standard InChI is InChI=1S/C22H26ClN3O2/c1-16-18(23)10-6-11-19(16)25-21(28)26-13-7-12-22(2,15-26)20(27)24-14-17-8-4-3-5-9-17/h3-6,8-11H,7,12-15H2,1-2H3,(H,24,27)(H,25,28). The Morgan fingerprint density at radius 3 is 2.64 bits per heavy atom. The van der Waals surface area contributed by atoms with E-state index in [0.717, 1.165) is 24.0 Å². The zero-order valence-electron chi connectivity index (χ0n) is 16.3. The van der Waals surface area contributed by atoms with Crippen molar-refractivity contribution < 1.29 is 9.59 Å². The number of hydrogen-bond acceptors (Lipinski definition) is 2. The molecule has 1 aliphatic rings. The maximum Gasteiger partial charge on any atom is 0.321 e. The van der Waals surface area contributed by atoms with E-state index in [1.807, 2.05) is 56.3 Å². The third-order valence-electron chi connectivity index (χ3n) is 5.34. The molecule has 1 fully saturated rings. The molecule has 28 heavy (non-hydrogen) atoms. The third kappa shape index (κ3) is 4.65. The van der Waals surface area contributed by atoms with Crippen LogP contribution in [0.4, 0.5) is 10.5 Å². The lowest BCUT2D eigenvalue weighted by Gasteiger charge is -2.39. The molecule has 0 radical (unpaired) electrons. The second kappa shape index (κ2) is 8.65. The van der Waals surface area contributed by atoms with Crippen LogP contribution in [0.2, 0.25) is 5.02 Å². The van der Waals surface area contributed by atoms with Gasteiger partial charge in [-0.3, -0.25) is 4.79 Å². The summed E-state index contributed by atoms with van der Waals surface area (Å²) in [5, 5.41) is 6.56. The van der Waals surface area contributed by atoms with Gasteiger partial charge in [0, 0.05) is 30.3 Å². The molecule has 0 aromatic heterocycles. The summed E-state index contributed by atoms with van der Waals surface area (Å²) in [4.78, 5) is 27.3. The Morgan fingerprint density at radius 2 is 1.89 bits per heavy atom. The number of rotatable bonds is 4. The molecule has 3 amide bonds. The van der Waals surface area contributed by atoms with Crippen molar-refractivity contribution in [2.45, 2.75) is 33.2 Å². The van der Waals surface area contributed by atoms with Gasteiger partial charge in [0.1, 0.15) is 0 Å². The number of halogens is 1. The van der Waals surface area contributed by atoms with Crippen LogP contribution in [0.25, 0.3) is 0 Å². The Hall–Kier alpha value is -2.53. The van der Waals surface area contributed by atoms with Gasteiger partial charge in [0.2, 0.25) is 5.91 Å². The van der Waals surface area contributed by atoms with Crippen molar-refractivity contribution in [3.8, 4) is 0 Å². The van der Waals surface area contributed by atoms with Crippen LogP contribution in [0, 0.1) is 12.3 Å². The van der Waals surface area contributed by atoms with Crippen LogP contribution in [0.5, 0.6) is 0 Å². The summed E-state index contributed by atoms with van der Waals surface area (Å²) in [6, 6.07) is 15.0. The molecule has 1 aliphatic heterocycles. The first kappa shape index (κ1) is 20.2. The second-order valence-electron chi connectivity index (χ2n) is 7.60. The highest BCUT2D eigenvalue weighted by Gasteiger charge is 2.39. The summed E-state index contributed by atoms with van der Waals surface area (Å²) < 4.78 is 0. The van der Waals surface area contributed by atoms with Crippen molar-refractivity contribution >= 4 is 29.2 Å². The lowest BCUT2D eigenvalue weighted by atomic mass is 9.81. The van der Waals surface area contributed by atoms with Crippen LogP contribution in [-0.2, 0) is 11.3 Å². The second-order valence-corrected chi connectivity index (χ2v) is 8.00. The first-order valence-corrected chi connectivity index (χ1v) is 9.90. The molecule has 2 aromatic carbocycles. The van der Waals surface area contributed by atoms with Crippen LogP contribution in [0.1, 0.15) is 30.9 Å². The lowest BCUT2D eigenvalue weighted by Crippen LogP contribution is -2.52. The van der Waals surface area contributed by atoms with Gasteiger partial charge in [-0.15, -0.1) is 0 Å². The molecule has 6 heteroatoms. The van der Waals surface area contributed by atoms with Crippen molar-refractivity contribution in [3.63, 3.8) is 0 Å². The highest BCUT2D eigenvalue weighted by molar-refractivity contribution is 6.31. The maximum absolute atomic E-state index is 12.8. The van der Waals surface area contributed by atoms with Crippen molar-refractivity contribution in [1.29, 1.82) is 0 Å². The molecule has 3 rings (SSSR count). The molecule has 1 unspecified atom stereocenters. The van der Waals surface area contributed by atoms with Gasteiger partial charge in [-0.25, -0.2) is 4.79 Å². The summed E-state index contributed by atoms with van der Waals surface area (Å²) in [6.07, 6.45) is 1.55. The SMILES string of the molecule is Cc1c(Cl)cccc1NC(=O)N1CCCC(C)(C(=O)NCc2ccccc2)C1. The van der Waals surface area contributed by atoms with Crippen LogP contribution >= 0.6 is 11.6 Å². The maximum atomic E-state index is 12.8. The van der Waals surface area contributed by atoms with Gasteiger partial charge in [0.25, 0.3) is 0 Å². The zero-order valence-corrected chi connectivity index (χ0v) is 17.1. The number of urea groups is 1. The zero-order chi connectivity index (χ0) is 20.1. The first-order chi connectivity index (χ1) is 13.4. The van der Waals surface area contributed by atoms with Gasteiger partial charge in [0.05, 0.1) is 5.41 Å². The van der Waals surface area contributed by atoms with E-state index in [1.54, 1.807) is 11.0 Å². The topological polar surface area (TPSA) is 61.4 Å². The number of anilines is 1. The molecule has 0 spiro atoms. The molecule has 0 bridgehead atoms. The van der Waals surface area contributed by atoms with E-state index in [9.17, 15) is 9.59 Å². The predicted octanol–water partition coefficient (Wildman–Crippen LogP) is 4.60. The smallest absolute Gasteiger partial charge is 0.321 e. The fraction of sp³-hybridized carbons (Fsp3) is 0.364. The molecular weight excluding hydrogens is 374 g/mol. The Bertz CT molecular complexity index is 856. The van der Waals surface area contributed by atoms with Gasteiger partial charge in [-0.1, -0.05) is 48.0 Å². The van der Waals surface area contributed by atoms with Crippen LogP contribution < -0.4 is 10.6 Å². The molecule has 148 valence electrons. The fourth-order valence-electron chi connectivity index (χ4n) is 3.53. The number of hydrogen-bond donors (Lipinski definition) is 2. The fourth-order valence-corrected chi connectivity index (χ4v) is 3.70. The van der Waals surface area contributed by atoms with E-state index < -0.39 is 5.41 Å². The van der Waals surface area contributed by atoms with E-state index in [4.69, 9.17) is 11.6 Å². The molecule has 5 nitrogen and oxygen atoms in total. The third-order valence-corrected chi connectivity index (χ3v) is 5.75. The Morgan fingerprint density at radius 1 is 1.14 bits per heavy atom. The Balaban J connectivity index is 1.62. The summed E-state index contributed by atoms with van der Waals surface area (Å²) >= 11 is 6.14. The first-order valence-electron chi connectivity index (χ1n) is 9.52. The normalized spacial score (nSPS) is 19.2. The number of benzene rings is 2. The number of carbonyl (C=O) groups is 2. The summed E-state index contributed by atoms with van der Waals surface area (Å²) in [7, 11) is 0. The number of piperidine rings is 1. The van der Waals surface area contributed by atoms with Gasteiger partial charge in [-0.05, 0) is 49.9 Å². The number of nitrogens with zero attached hydrogens (tertiary/aromatic N) is 1. The molecule has 0 saturated carbocycles. The quantitative estimate of drug-likeness (QED) is 0.789. The van der Waals surface area contributed by atoms with Crippen LogP contribution in [0.15, 0.2) is 48.5 Å². The number of carbonyl (C=O) groups excluding carboxylic acids is 2. The number of amides is 3. The summed E-state index contributed by atoms with van der Waals surface area (Å²) in [5.74, 6) is -0.0206. The minimum absolute atomic E-state index is 0.0206. The highest BCUT2D eigenvalue weighted by Crippen LogP contribution is 2.31. The van der Waals surface area contributed by atoms with Crippen molar-refractivity contribution in [3.05, 3.63) is 64.7 Å². The lowest BCUT2D eigenvalue weighted by molar-refractivity contribution is -0.132. The molecule has 2 N–H and O–H groups in total. The van der Waals surface area contributed by atoms with Crippen molar-refractivity contribution in [1.82, 2.24) is 10.2 Å². The molecule has 1 atom stereocenters. The van der Waals surface area contributed by atoms with E-state index in [0.29, 0.717) is 30.3 Å².